The van der Waals surface area contributed by atoms with Gasteiger partial charge in [0, 0.05) is 26.2 Å². The molecule has 3 nitrogen and oxygen atoms in total. The van der Waals surface area contributed by atoms with E-state index in [-0.39, 0.29) is 10.8 Å². The van der Waals surface area contributed by atoms with Crippen molar-refractivity contribution in [2.75, 3.05) is 26.2 Å². The highest BCUT2D eigenvalue weighted by atomic mass is 16.1. The SMILES string of the molecule is CCCC12CNCC(C)(CNC1)C2=O. The fourth-order valence-electron chi connectivity index (χ4n) is 3.01. The molecule has 0 spiro atoms. The molecule has 2 N–H and O–H groups in total. The van der Waals surface area contributed by atoms with Gasteiger partial charge in [0.25, 0.3) is 0 Å². The lowest BCUT2D eigenvalue weighted by atomic mass is 9.63. The van der Waals surface area contributed by atoms with Crippen LogP contribution in [0.1, 0.15) is 26.7 Å². The van der Waals surface area contributed by atoms with Gasteiger partial charge in [-0.15, -0.1) is 0 Å². The lowest BCUT2D eigenvalue weighted by Crippen LogP contribution is -2.67. The predicted molar refractivity (Wildman–Crippen MR) is 56.2 cm³/mol. The Kier molecular flexibility index (Phi) is 2.40. The quantitative estimate of drug-likeness (QED) is 0.678. The zero-order valence-corrected chi connectivity index (χ0v) is 9.15. The van der Waals surface area contributed by atoms with Gasteiger partial charge in [0.2, 0.25) is 0 Å². The number of piperidine rings is 2. The minimum Gasteiger partial charge on any atom is -0.315 e. The molecule has 2 heterocycles. The molecule has 2 fully saturated rings. The Hall–Kier alpha value is -0.410. The number of carbonyl (C=O) groups is 1. The monoisotopic (exact) mass is 196 g/mol. The minimum absolute atomic E-state index is 0.111. The van der Waals surface area contributed by atoms with Gasteiger partial charge in [0.05, 0.1) is 10.8 Å². The van der Waals surface area contributed by atoms with Crippen molar-refractivity contribution >= 4 is 5.78 Å². The van der Waals surface area contributed by atoms with Gasteiger partial charge in [-0.3, -0.25) is 4.79 Å². The molecule has 2 aliphatic heterocycles. The van der Waals surface area contributed by atoms with Gasteiger partial charge in [-0.25, -0.2) is 0 Å². The molecule has 0 atom stereocenters. The van der Waals surface area contributed by atoms with Crippen molar-refractivity contribution in [2.45, 2.75) is 26.7 Å². The minimum atomic E-state index is -0.161. The van der Waals surface area contributed by atoms with E-state index in [0.29, 0.717) is 5.78 Å². The predicted octanol–water partition coefficient (Wildman–Crippen LogP) is 0.555. The summed E-state index contributed by atoms with van der Waals surface area (Å²) in [6.45, 7) is 7.64. The fraction of sp³-hybridized carbons (Fsp3) is 0.909. The summed E-state index contributed by atoms with van der Waals surface area (Å²) in [6, 6.07) is 0. The van der Waals surface area contributed by atoms with Gasteiger partial charge in [0.15, 0.2) is 0 Å². The van der Waals surface area contributed by atoms with Crippen LogP contribution in [0, 0.1) is 10.8 Å². The highest BCUT2D eigenvalue weighted by molar-refractivity contribution is 5.92. The smallest absolute Gasteiger partial charge is 0.149 e. The van der Waals surface area contributed by atoms with Gasteiger partial charge < -0.3 is 10.6 Å². The summed E-state index contributed by atoms with van der Waals surface area (Å²) in [4.78, 5) is 12.4. The van der Waals surface area contributed by atoms with Crippen LogP contribution in [0.4, 0.5) is 0 Å². The van der Waals surface area contributed by atoms with Crippen molar-refractivity contribution in [2.24, 2.45) is 10.8 Å². The highest BCUT2D eigenvalue weighted by Gasteiger charge is 2.52. The molecule has 0 saturated carbocycles. The summed E-state index contributed by atoms with van der Waals surface area (Å²) in [5.41, 5.74) is -0.272. The first-order chi connectivity index (χ1) is 6.63. The second-order valence-electron chi connectivity index (χ2n) is 5.13. The molecule has 80 valence electrons. The molecular weight excluding hydrogens is 176 g/mol. The van der Waals surface area contributed by atoms with Gasteiger partial charge in [0.1, 0.15) is 5.78 Å². The van der Waals surface area contributed by atoms with E-state index in [2.05, 4.69) is 24.5 Å². The number of carbonyl (C=O) groups excluding carboxylic acids is 1. The normalized spacial score (nSPS) is 42.6. The highest BCUT2D eigenvalue weighted by Crippen LogP contribution is 2.38. The molecule has 0 aliphatic carbocycles. The van der Waals surface area contributed by atoms with Crippen LogP contribution in [0.25, 0.3) is 0 Å². The Bertz CT molecular complexity index is 234. The van der Waals surface area contributed by atoms with E-state index in [1.165, 1.54) is 0 Å². The van der Waals surface area contributed by atoms with E-state index in [0.717, 1.165) is 39.0 Å². The molecule has 0 amide bonds. The first kappa shape index (κ1) is 10.1. The Labute approximate surface area is 85.6 Å². The average Bonchev–Trinajstić information content (AvgIpc) is 2.11. The number of Topliss-reactive ketones (excluding diaryl/α,β-unsaturated/α-hetero) is 1. The Balaban J connectivity index is 2.27. The summed E-state index contributed by atoms with van der Waals surface area (Å²) in [6.07, 6.45) is 2.10. The molecule has 2 rings (SSSR count). The molecule has 2 saturated heterocycles. The van der Waals surface area contributed by atoms with E-state index in [1.807, 2.05) is 0 Å². The molecule has 2 aliphatic rings. The van der Waals surface area contributed by atoms with Crippen LogP contribution >= 0.6 is 0 Å². The van der Waals surface area contributed by atoms with Crippen molar-refractivity contribution in [3.05, 3.63) is 0 Å². The van der Waals surface area contributed by atoms with Crippen LogP contribution < -0.4 is 10.6 Å². The number of rotatable bonds is 2. The van der Waals surface area contributed by atoms with Gasteiger partial charge in [-0.05, 0) is 6.42 Å². The molecule has 0 unspecified atom stereocenters. The molecule has 3 heteroatoms. The Morgan fingerprint density at radius 1 is 1.21 bits per heavy atom. The molecule has 2 bridgehead atoms. The molecule has 0 aromatic carbocycles. The maximum Gasteiger partial charge on any atom is 0.149 e. The average molecular weight is 196 g/mol. The third-order valence-electron chi connectivity index (χ3n) is 3.72. The number of hydrogen-bond donors (Lipinski definition) is 2. The van der Waals surface area contributed by atoms with Crippen LogP contribution in [0.3, 0.4) is 0 Å². The first-order valence-electron chi connectivity index (χ1n) is 5.59. The molecule has 0 radical (unpaired) electrons. The van der Waals surface area contributed by atoms with E-state index < -0.39 is 0 Å². The zero-order chi connectivity index (χ0) is 10.2. The lowest BCUT2D eigenvalue weighted by molar-refractivity contribution is -0.144. The van der Waals surface area contributed by atoms with Crippen LogP contribution in [0.2, 0.25) is 0 Å². The van der Waals surface area contributed by atoms with Crippen LogP contribution in [0.5, 0.6) is 0 Å². The summed E-state index contributed by atoms with van der Waals surface area (Å²) >= 11 is 0. The number of fused-ring (bicyclic) bond motifs is 2. The molecule has 0 aromatic rings. The lowest BCUT2D eigenvalue weighted by Gasteiger charge is -2.49. The van der Waals surface area contributed by atoms with Crippen LogP contribution in [0.15, 0.2) is 0 Å². The third kappa shape index (κ3) is 1.30. The first-order valence-corrected chi connectivity index (χ1v) is 5.59. The maximum atomic E-state index is 12.4. The molecule has 14 heavy (non-hydrogen) atoms. The number of hydrogen-bond acceptors (Lipinski definition) is 3. The van der Waals surface area contributed by atoms with Crippen molar-refractivity contribution in [3.63, 3.8) is 0 Å². The maximum absolute atomic E-state index is 12.4. The number of nitrogens with one attached hydrogen (secondary N) is 2. The zero-order valence-electron chi connectivity index (χ0n) is 9.15. The summed E-state index contributed by atoms with van der Waals surface area (Å²) in [5, 5.41) is 6.84. The Morgan fingerprint density at radius 2 is 1.79 bits per heavy atom. The summed E-state index contributed by atoms with van der Waals surface area (Å²) < 4.78 is 0. The van der Waals surface area contributed by atoms with Crippen LogP contribution in [-0.2, 0) is 4.79 Å². The standard InChI is InChI=1S/C11H20N2O/c1-3-4-11-7-12-5-10(2,9(11)14)6-13-8-11/h12-13H,3-8H2,1-2H3. The van der Waals surface area contributed by atoms with E-state index >= 15 is 0 Å². The largest absolute Gasteiger partial charge is 0.315 e. The summed E-state index contributed by atoms with van der Waals surface area (Å²) in [7, 11) is 0. The summed E-state index contributed by atoms with van der Waals surface area (Å²) in [5.74, 6) is 0.490. The second-order valence-corrected chi connectivity index (χ2v) is 5.13. The molecular formula is C11H20N2O. The second kappa shape index (κ2) is 3.31. The Morgan fingerprint density at radius 3 is 2.29 bits per heavy atom. The topological polar surface area (TPSA) is 41.1 Å². The van der Waals surface area contributed by atoms with Crippen molar-refractivity contribution < 1.29 is 4.79 Å². The van der Waals surface area contributed by atoms with Gasteiger partial charge in [-0.1, -0.05) is 20.3 Å². The number of ketones is 1. The van der Waals surface area contributed by atoms with E-state index in [1.54, 1.807) is 0 Å². The van der Waals surface area contributed by atoms with Crippen LogP contribution in [-0.4, -0.2) is 32.0 Å². The van der Waals surface area contributed by atoms with Crippen molar-refractivity contribution in [3.8, 4) is 0 Å². The van der Waals surface area contributed by atoms with Gasteiger partial charge >= 0.3 is 0 Å². The van der Waals surface area contributed by atoms with Gasteiger partial charge in [-0.2, -0.15) is 0 Å². The molecule has 0 aromatic heterocycles. The van der Waals surface area contributed by atoms with Crippen molar-refractivity contribution in [1.29, 1.82) is 0 Å². The third-order valence-corrected chi connectivity index (χ3v) is 3.72. The van der Waals surface area contributed by atoms with Crippen molar-refractivity contribution in [1.82, 2.24) is 10.6 Å². The van der Waals surface area contributed by atoms with E-state index in [9.17, 15) is 4.79 Å². The fourth-order valence-corrected chi connectivity index (χ4v) is 3.01. The van der Waals surface area contributed by atoms with E-state index in [4.69, 9.17) is 0 Å².